The van der Waals surface area contributed by atoms with Crippen LogP contribution in [0.4, 0.5) is 4.79 Å². The zero-order valence-electron chi connectivity index (χ0n) is 56.6. The van der Waals surface area contributed by atoms with Gasteiger partial charge in [-0.2, -0.15) is 0 Å². The number of carbonyl (C=O) groups excluding carboxylic acids is 7. The Morgan fingerprint density at radius 3 is 1.67 bits per heavy atom. The van der Waals surface area contributed by atoms with E-state index in [1.807, 2.05) is 24.3 Å². The van der Waals surface area contributed by atoms with E-state index in [4.69, 9.17) is 42.1 Å². The lowest BCUT2D eigenvalue weighted by atomic mass is 9.86. The van der Waals surface area contributed by atoms with Gasteiger partial charge in [-0.3, -0.25) is 28.8 Å². The van der Waals surface area contributed by atoms with Gasteiger partial charge in [0.1, 0.15) is 94.3 Å². The number of carboxylic acid groups (broad SMARTS) is 1. The molecular formula is C75H70Cl2N8O21. The highest BCUT2D eigenvalue weighted by Crippen LogP contribution is 2.51. The largest absolute Gasteiger partial charge is 0.508 e. The fourth-order valence-corrected chi connectivity index (χ4v) is 13.2. The molecular weight excluding hydrogens is 1420 g/mol. The van der Waals surface area contributed by atoms with Crippen molar-refractivity contribution >= 4 is 70.7 Å². The fourth-order valence-electron chi connectivity index (χ4n) is 12.7. The van der Waals surface area contributed by atoms with Gasteiger partial charge in [0.05, 0.1) is 15.6 Å². The Morgan fingerprint density at radius 2 is 1.07 bits per heavy atom. The molecule has 7 amide bonds. The van der Waals surface area contributed by atoms with Crippen LogP contribution in [0.1, 0.15) is 139 Å². The molecule has 15 bridgehead atoms. The van der Waals surface area contributed by atoms with Gasteiger partial charge in [-0.15, -0.1) is 0 Å². The molecule has 0 saturated carbocycles. The summed E-state index contributed by atoms with van der Waals surface area (Å²) in [4.78, 5) is 121. The van der Waals surface area contributed by atoms with Crippen molar-refractivity contribution in [2.45, 2.75) is 120 Å². The number of ether oxygens (including phenoxy) is 4. The third-order valence-corrected chi connectivity index (χ3v) is 18.5. The maximum absolute atomic E-state index is 16.3. The number of unbranched alkanes of at least 4 members (excludes halogenated alkanes) is 1. The number of nitrogens with one attached hydrogen (secondary N) is 8. The molecule has 0 saturated heterocycles. The third kappa shape index (κ3) is 15.5. The van der Waals surface area contributed by atoms with E-state index in [-0.39, 0.29) is 68.2 Å². The molecule has 9 atom stereocenters. The predicted octanol–water partition coefficient (Wildman–Crippen LogP) is 8.67. The summed E-state index contributed by atoms with van der Waals surface area (Å²) in [6, 6.07) is 12.0. The minimum atomic E-state index is -2.34. The highest BCUT2D eigenvalue weighted by Gasteiger charge is 2.44. The molecule has 14 rings (SSSR count). The maximum Gasteiger partial charge on any atom is 0.408 e. The summed E-state index contributed by atoms with van der Waals surface area (Å²) < 4.78 is 24.1. The molecule has 0 radical (unpaired) electrons. The van der Waals surface area contributed by atoms with E-state index in [1.54, 1.807) is 20.8 Å². The molecule has 0 aromatic heterocycles. The lowest BCUT2D eigenvalue weighted by Crippen LogP contribution is -2.56. The minimum Gasteiger partial charge on any atom is -0.508 e. The van der Waals surface area contributed by atoms with Gasteiger partial charge in [0.2, 0.25) is 41.2 Å². The first-order chi connectivity index (χ1) is 50.4. The zero-order chi connectivity index (χ0) is 75.9. The number of amides is 7. The quantitative estimate of drug-likeness (QED) is 0.0642. The molecule has 6 aliphatic rings. The number of aromatic hydroxyl groups is 6. The van der Waals surface area contributed by atoms with Gasteiger partial charge in [0.25, 0.3) is 0 Å². The van der Waals surface area contributed by atoms with Crippen LogP contribution in [0.5, 0.6) is 69.0 Å². The first kappa shape index (κ1) is 73.7. The molecule has 0 aliphatic carbocycles. The standard InChI is InChI=1S/C75H70Cl2N8O21/c1-5-6-8-32-11-13-33(14-12-32)30-78-31-43-48(89)29-42-55(65(43)92)54-41(9-7-10-47(54)88)59-70(97)84-62(72(99)82-60(42)73(100)101)64(91)36-17-20-50(45(77)24-36)105-53-27-38-26-52(66(53)93)104-49-19-16-35(23-44(49)76)63(90)61-71(98)80-57(68(95)79-58(38)69(96)81-59)37-21-39(86)28-40(22-37)103-51-25-34(15-18-46(51)87)56(67(94)83-61)85-74(102)106-75(2,3)4/h7,9-29,56-64,78,86-93H,5-6,8,30-31H2,1-4H3,(H,79,95)(H,80,98)(H,81,96)(H,82,99)(H,83,94)(H,84,97)(H,85,102)(H,100,101). The smallest absolute Gasteiger partial charge is 0.408 e. The van der Waals surface area contributed by atoms with E-state index in [0.29, 0.717) is 0 Å². The number of hydrogen-bond donors (Lipinski definition) is 17. The van der Waals surface area contributed by atoms with Gasteiger partial charge in [0, 0.05) is 35.8 Å². The lowest BCUT2D eigenvalue weighted by molar-refractivity contribution is -0.143. The van der Waals surface area contributed by atoms with Crippen molar-refractivity contribution in [3.8, 4) is 80.1 Å². The second kappa shape index (κ2) is 30.0. The molecule has 0 spiro atoms. The average Bonchev–Trinajstić information content (AvgIpc) is 1.14. The average molecular weight is 1490 g/mol. The Balaban J connectivity index is 1.06. The van der Waals surface area contributed by atoms with Crippen molar-refractivity contribution in [2.24, 2.45) is 0 Å². The summed E-state index contributed by atoms with van der Waals surface area (Å²) in [5.74, 6) is -17.3. The van der Waals surface area contributed by atoms with Crippen molar-refractivity contribution in [2.75, 3.05) is 0 Å². The number of aliphatic carboxylic acids is 1. The van der Waals surface area contributed by atoms with E-state index in [9.17, 15) is 60.3 Å². The Kier molecular flexibility index (Phi) is 20.9. The molecule has 8 aromatic rings. The fraction of sp³-hybridized carbons (Fsp3) is 0.253. The number of fused-ring (bicyclic) bond motifs is 13. The first-order valence-electron chi connectivity index (χ1n) is 33.2. The van der Waals surface area contributed by atoms with E-state index >= 15 is 24.0 Å². The summed E-state index contributed by atoms with van der Waals surface area (Å²) in [6.45, 7) is 6.50. The number of aliphatic hydroxyl groups excluding tert-OH is 2. The Morgan fingerprint density at radius 1 is 0.509 bits per heavy atom. The molecule has 0 fully saturated rings. The molecule has 8 aromatic carbocycles. The van der Waals surface area contributed by atoms with Crippen molar-refractivity contribution in [1.82, 2.24) is 42.5 Å². The summed E-state index contributed by atoms with van der Waals surface area (Å²) in [7, 11) is 0. The van der Waals surface area contributed by atoms with E-state index in [2.05, 4.69) is 49.5 Å². The van der Waals surface area contributed by atoms with Gasteiger partial charge in [-0.1, -0.05) is 91.1 Å². The Labute approximate surface area is 613 Å². The Hall–Kier alpha value is -12.0. The van der Waals surface area contributed by atoms with Gasteiger partial charge >= 0.3 is 12.1 Å². The van der Waals surface area contributed by atoms with Crippen LogP contribution in [0.15, 0.2) is 133 Å². The van der Waals surface area contributed by atoms with E-state index < -0.39 is 187 Å². The molecule has 6 heterocycles. The second-order valence-electron chi connectivity index (χ2n) is 26.5. The molecule has 17 N–H and O–H groups in total. The summed E-state index contributed by atoms with van der Waals surface area (Å²) in [5.41, 5.74) is -3.21. The maximum atomic E-state index is 16.3. The zero-order valence-corrected chi connectivity index (χ0v) is 58.1. The molecule has 31 heteroatoms. The summed E-state index contributed by atoms with van der Waals surface area (Å²) in [6.07, 6.45) is -2.72. The van der Waals surface area contributed by atoms with Crippen molar-refractivity contribution in [1.29, 1.82) is 0 Å². The van der Waals surface area contributed by atoms with Gasteiger partial charge < -0.3 is 107 Å². The van der Waals surface area contributed by atoms with Crippen LogP contribution < -0.4 is 56.7 Å². The van der Waals surface area contributed by atoms with Crippen LogP contribution in [0.25, 0.3) is 11.1 Å². The normalized spacial score (nSPS) is 20.8. The minimum absolute atomic E-state index is 0.101. The van der Waals surface area contributed by atoms with E-state index in [0.717, 1.165) is 109 Å². The highest BCUT2D eigenvalue weighted by molar-refractivity contribution is 6.32. The Bertz CT molecular complexity index is 4900. The predicted molar refractivity (Wildman–Crippen MR) is 377 cm³/mol. The number of carbonyl (C=O) groups is 8. The van der Waals surface area contributed by atoms with Crippen LogP contribution >= 0.6 is 23.2 Å². The molecule has 550 valence electrons. The van der Waals surface area contributed by atoms with E-state index in [1.165, 1.54) is 30.3 Å². The number of halogens is 2. The monoisotopic (exact) mass is 1490 g/mol. The third-order valence-electron chi connectivity index (χ3n) is 17.9. The number of carboxylic acids is 1. The van der Waals surface area contributed by atoms with Crippen LogP contribution in [0.2, 0.25) is 10.0 Å². The lowest BCUT2D eigenvalue weighted by Gasteiger charge is -2.31. The number of aryl methyl sites for hydroxylation is 1. The SMILES string of the molecule is CCCCc1ccc(CNCc2c(O)cc3c(c2O)-c2c(O)cccc2C2NC(=O)C4NC(=O)C5NC(=O)C(NC(=O)C(NC(=O)OC(C)(C)C)c6ccc(O)c(c6)Oc6cc(O)cc5c6)C(O)c5ccc(c(Cl)c5)Oc5cc4cc(c5O)Oc4ccc(cc4Cl)C(O)C(NC2=O)C(=O)NC3C(=O)O)cc1. The topological polar surface area (TPSA) is 452 Å². The van der Waals surface area contributed by atoms with Gasteiger partial charge in [-0.05, 0) is 151 Å². The van der Waals surface area contributed by atoms with Crippen LogP contribution in [-0.4, -0.2) is 111 Å². The second-order valence-corrected chi connectivity index (χ2v) is 27.4. The van der Waals surface area contributed by atoms with Crippen LogP contribution in [-0.2, 0) is 57.8 Å². The number of rotatable bonds is 9. The van der Waals surface area contributed by atoms with Crippen LogP contribution in [0, 0.1) is 0 Å². The number of phenols is 6. The van der Waals surface area contributed by atoms with Gasteiger partial charge in [0.15, 0.2) is 29.0 Å². The molecule has 9 unspecified atom stereocenters. The van der Waals surface area contributed by atoms with Crippen molar-refractivity contribution < 1.29 is 103 Å². The van der Waals surface area contributed by atoms with Crippen molar-refractivity contribution in [3.63, 3.8) is 0 Å². The summed E-state index contributed by atoms with van der Waals surface area (Å²) in [5, 5.41) is 128. The van der Waals surface area contributed by atoms with Crippen molar-refractivity contribution in [3.05, 3.63) is 199 Å². The summed E-state index contributed by atoms with van der Waals surface area (Å²) >= 11 is 13.9. The molecule has 106 heavy (non-hydrogen) atoms. The number of aliphatic hydroxyl groups is 2. The number of hydrogen-bond acceptors (Lipinski definition) is 21. The first-order valence-corrected chi connectivity index (χ1v) is 33.9. The number of phenolic OH excluding ortho intramolecular Hbond substituents is 6. The van der Waals surface area contributed by atoms with Gasteiger partial charge in [-0.25, -0.2) is 9.59 Å². The highest BCUT2D eigenvalue weighted by atomic mass is 35.5. The number of benzene rings is 8. The number of alkyl carbamates (subject to hydrolysis) is 1. The molecule has 29 nitrogen and oxygen atoms in total. The van der Waals surface area contributed by atoms with Crippen LogP contribution in [0.3, 0.4) is 0 Å². The molecule has 6 aliphatic heterocycles.